The van der Waals surface area contributed by atoms with E-state index in [0.29, 0.717) is 30.9 Å². The van der Waals surface area contributed by atoms with Crippen LogP contribution < -0.4 is 9.21 Å². The van der Waals surface area contributed by atoms with Crippen molar-refractivity contribution in [2.75, 3.05) is 21.5 Å². The third-order valence-corrected chi connectivity index (χ3v) is 7.73. The average Bonchev–Trinajstić information content (AvgIpc) is 3.40. The van der Waals surface area contributed by atoms with Gasteiger partial charge in [-0.3, -0.25) is 9.10 Å². The molecule has 0 N–H and O–H groups in total. The maximum atomic E-state index is 13.3. The van der Waals surface area contributed by atoms with Crippen molar-refractivity contribution in [2.45, 2.75) is 13.0 Å². The molecule has 0 radical (unpaired) electrons. The normalized spacial score (nSPS) is 15.5. The molecule has 0 spiro atoms. The molecule has 2 heterocycles. The highest BCUT2D eigenvalue weighted by Crippen LogP contribution is 2.25. The van der Waals surface area contributed by atoms with Gasteiger partial charge in [0.15, 0.2) is 0 Å². The predicted molar refractivity (Wildman–Crippen MR) is 123 cm³/mol. The molecule has 1 aliphatic heterocycles. The Bertz CT molecular complexity index is 1170. The van der Waals surface area contributed by atoms with Gasteiger partial charge in [0.05, 0.1) is 18.0 Å². The van der Waals surface area contributed by atoms with E-state index in [0.717, 1.165) is 10.4 Å². The third kappa shape index (κ3) is 5.03. The molecular formula is C23H21FN2O3S2. The van der Waals surface area contributed by atoms with Crippen LogP contribution in [0, 0.1) is 5.82 Å². The molecule has 4 rings (SSSR count). The number of carbonyl (C=O) groups excluding carboxylic acids is 1. The summed E-state index contributed by atoms with van der Waals surface area (Å²) in [5.74, 6) is -0.416. The molecule has 1 aromatic heterocycles. The van der Waals surface area contributed by atoms with Crippen molar-refractivity contribution in [3.8, 4) is 0 Å². The van der Waals surface area contributed by atoms with E-state index in [9.17, 15) is 17.6 Å². The molecule has 8 heteroatoms. The lowest BCUT2D eigenvalue weighted by Crippen LogP contribution is -2.28. The van der Waals surface area contributed by atoms with Gasteiger partial charge >= 0.3 is 0 Å². The molecule has 0 unspecified atom stereocenters. The van der Waals surface area contributed by atoms with Gasteiger partial charge in [-0.1, -0.05) is 18.2 Å². The lowest BCUT2D eigenvalue weighted by molar-refractivity contribution is -0.114. The van der Waals surface area contributed by atoms with Crippen LogP contribution in [-0.4, -0.2) is 26.6 Å². The Morgan fingerprint density at radius 3 is 2.45 bits per heavy atom. The first-order chi connectivity index (χ1) is 14.9. The number of rotatable bonds is 6. The number of carbonyl (C=O) groups is 1. The van der Waals surface area contributed by atoms with Crippen molar-refractivity contribution >= 4 is 44.7 Å². The molecule has 2 aromatic carbocycles. The van der Waals surface area contributed by atoms with Gasteiger partial charge in [0.1, 0.15) is 5.82 Å². The minimum atomic E-state index is -3.22. The van der Waals surface area contributed by atoms with Crippen molar-refractivity contribution in [1.82, 2.24) is 0 Å². The standard InChI is InChI=1S/C23H21FN2O3S2/c24-19-7-11-20(12-8-19)25(17-22-3-1-15-30-22)23(27)13-6-18-4-9-21(10-5-18)26-14-2-16-31(26,28)29/h1,3-13,15H,2,14,16-17H2/b13-6+. The Morgan fingerprint density at radius 1 is 1.10 bits per heavy atom. The predicted octanol–water partition coefficient (Wildman–Crippen LogP) is 4.67. The largest absolute Gasteiger partial charge is 0.304 e. The lowest BCUT2D eigenvalue weighted by Gasteiger charge is -2.21. The molecule has 0 bridgehead atoms. The number of benzene rings is 2. The maximum Gasteiger partial charge on any atom is 0.251 e. The Morgan fingerprint density at radius 2 is 1.84 bits per heavy atom. The molecular weight excluding hydrogens is 435 g/mol. The monoisotopic (exact) mass is 456 g/mol. The summed E-state index contributed by atoms with van der Waals surface area (Å²) in [6.45, 7) is 0.879. The SMILES string of the molecule is O=C(/C=C/c1ccc(N2CCCS2(=O)=O)cc1)N(Cc1cccs1)c1ccc(F)cc1. The van der Waals surface area contributed by atoms with Crippen molar-refractivity contribution < 1.29 is 17.6 Å². The van der Waals surface area contributed by atoms with E-state index in [-0.39, 0.29) is 17.5 Å². The average molecular weight is 457 g/mol. The number of hydrogen-bond donors (Lipinski definition) is 0. The summed E-state index contributed by atoms with van der Waals surface area (Å²) < 4.78 is 38.9. The van der Waals surface area contributed by atoms with E-state index in [4.69, 9.17) is 0 Å². The second-order valence-corrected chi connectivity index (χ2v) is 10.2. The van der Waals surface area contributed by atoms with E-state index >= 15 is 0 Å². The topological polar surface area (TPSA) is 57.7 Å². The zero-order valence-electron chi connectivity index (χ0n) is 16.6. The fourth-order valence-electron chi connectivity index (χ4n) is 3.41. The van der Waals surface area contributed by atoms with Crippen molar-refractivity contribution in [1.29, 1.82) is 0 Å². The summed E-state index contributed by atoms with van der Waals surface area (Å²) >= 11 is 1.55. The van der Waals surface area contributed by atoms with Gasteiger partial charge in [-0.15, -0.1) is 11.3 Å². The Hall–Kier alpha value is -2.97. The van der Waals surface area contributed by atoms with E-state index in [2.05, 4.69) is 0 Å². The van der Waals surface area contributed by atoms with Crippen molar-refractivity contribution in [2.24, 2.45) is 0 Å². The molecule has 160 valence electrons. The number of amides is 1. The van der Waals surface area contributed by atoms with Crippen molar-refractivity contribution in [3.05, 3.63) is 88.4 Å². The van der Waals surface area contributed by atoms with Crippen molar-refractivity contribution in [3.63, 3.8) is 0 Å². The van der Waals surface area contributed by atoms with Crippen LogP contribution in [0.4, 0.5) is 15.8 Å². The van der Waals surface area contributed by atoms with Crippen LogP contribution in [0.1, 0.15) is 16.9 Å². The molecule has 0 aliphatic carbocycles. The second kappa shape index (κ2) is 9.03. The maximum absolute atomic E-state index is 13.3. The fraction of sp³-hybridized carbons (Fsp3) is 0.174. The van der Waals surface area contributed by atoms with Gasteiger partial charge < -0.3 is 4.90 Å². The van der Waals surface area contributed by atoms with Crippen LogP contribution in [0.15, 0.2) is 72.1 Å². The number of sulfonamides is 1. The molecule has 1 saturated heterocycles. The highest BCUT2D eigenvalue weighted by atomic mass is 32.2. The molecule has 1 aliphatic rings. The first-order valence-corrected chi connectivity index (χ1v) is 12.3. The van der Waals surface area contributed by atoms with Gasteiger partial charge in [0.2, 0.25) is 10.0 Å². The smallest absolute Gasteiger partial charge is 0.251 e. The first kappa shape index (κ1) is 21.3. The third-order valence-electron chi connectivity index (χ3n) is 5.00. The second-order valence-electron chi connectivity index (χ2n) is 7.15. The number of nitrogens with zero attached hydrogens (tertiary/aromatic N) is 2. The van der Waals surface area contributed by atoms with Crippen LogP contribution in [0.3, 0.4) is 0 Å². The summed E-state index contributed by atoms with van der Waals surface area (Å²) in [7, 11) is -3.22. The van der Waals surface area contributed by atoms with Gasteiger partial charge in [-0.25, -0.2) is 12.8 Å². The zero-order valence-corrected chi connectivity index (χ0v) is 18.3. The summed E-state index contributed by atoms with van der Waals surface area (Å²) in [5.41, 5.74) is 2.02. The molecule has 1 fully saturated rings. The van der Waals surface area contributed by atoms with Crippen LogP contribution in [-0.2, 0) is 21.4 Å². The van der Waals surface area contributed by atoms with Crippen LogP contribution in [0.25, 0.3) is 6.08 Å². The molecule has 0 atom stereocenters. The summed E-state index contributed by atoms with van der Waals surface area (Å²) in [6, 6.07) is 16.8. The van der Waals surface area contributed by atoms with E-state index in [1.807, 2.05) is 17.5 Å². The van der Waals surface area contributed by atoms with Gasteiger partial charge in [0.25, 0.3) is 5.91 Å². The Kier molecular flexibility index (Phi) is 6.20. The first-order valence-electron chi connectivity index (χ1n) is 9.80. The lowest BCUT2D eigenvalue weighted by atomic mass is 10.2. The van der Waals surface area contributed by atoms with Gasteiger partial charge in [-0.2, -0.15) is 0 Å². The quantitative estimate of drug-likeness (QED) is 0.507. The molecule has 31 heavy (non-hydrogen) atoms. The van der Waals surface area contributed by atoms with Gasteiger partial charge in [-0.05, 0) is 65.9 Å². The van der Waals surface area contributed by atoms with Gasteiger partial charge in [0, 0.05) is 23.2 Å². The van der Waals surface area contributed by atoms with E-state index in [1.54, 1.807) is 58.7 Å². The molecule has 0 saturated carbocycles. The van der Waals surface area contributed by atoms with Crippen LogP contribution >= 0.6 is 11.3 Å². The van der Waals surface area contributed by atoms with E-state index < -0.39 is 10.0 Å². The Labute approximate surface area is 185 Å². The summed E-state index contributed by atoms with van der Waals surface area (Å²) in [6.07, 6.45) is 3.79. The van der Waals surface area contributed by atoms with E-state index in [1.165, 1.54) is 22.5 Å². The number of anilines is 2. The highest BCUT2D eigenvalue weighted by molar-refractivity contribution is 7.93. The summed E-state index contributed by atoms with van der Waals surface area (Å²) in [4.78, 5) is 15.6. The number of hydrogen-bond acceptors (Lipinski definition) is 4. The number of halogens is 1. The highest BCUT2D eigenvalue weighted by Gasteiger charge is 2.28. The fourth-order valence-corrected chi connectivity index (χ4v) is 5.67. The minimum absolute atomic E-state index is 0.173. The molecule has 1 amide bonds. The van der Waals surface area contributed by atoms with Crippen LogP contribution in [0.2, 0.25) is 0 Å². The summed E-state index contributed by atoms with van der Waals surface area (Å²) in [5, 5.41) is 1.95. The minimum Gasteiger partial charge on any atom is -0.304 e. The van der Waals surface area contributed by atoms with Crippen LogP contribution in [0.5, 0.6) is 0 Å². The molecule has 5 nitrogen and oxygen atoms in total. The molecule has 3 aromatic rings. The zero-order chi connectivity index (χ0) is 21.8. The number of thiophene rings is 1. The Balaban J connectivity index is 1.51.